The molecule has 0 aliphatic rings. The highest BCUT2D eigenvalue weighted by molar-refractivity contribution is 6.30. The van der Waals surface area contributed by atoms with Crippen LogP contribution in [0.15, 0.2) is 48.5 Å². The van der Waals surface area contributed by atoms with Gasteiger partial charge in [0.05, 0.1) is 11.0 Å². The zero-order valence-electron chi connectivity index (χ0n) is 12.2. The van der Waals surface area contributed by atoms with Gasteiger partial charge in [-0.05, 0) is 36.8 Å². The first kappa shape index (κ1) is 14.1. The first-order valence-electron chi connectivity index (χ1n) is 6.93. The van der Waals surface area contributed by atoms with Gasteiger partial charge in [0, 0.05) is 24.0 Å². The zero-order chi connectivity index (χ0) is 15.0. The molecule has 0 fully saturated rings. The van der Waals surface area contributed by atoms with Gasteiger partial charge in [-0.15, -0.1) is 0 Å². The maximum absolute atomic E-state index is 6.52. The molecule has 3 aromatic rings. The molecule has 3 nitrogen and oxygen atoms in total. The highest BCUT2D eigenvalue weighted by Gasteiger charge is 2.24. The number of nitrogens with two attached hydrogens (primary N) is 1. The molecule has 0 radical (unpaired) electrons. The summed E-state index contributed by atoms with van der Waals surface area (Å²) < 4.78 is 2.10. The maximum atomic E-state index is 6.52. The fraction of sp³-hybridized carbons (Fsp3) is 0.235. The summed E-state index contributed by atoms with van der Waals surface area (Å²) in [6, 6.07) is 15.8. The second kappa shape index (κ2) is 5.17. The fourth-order valence-electron chi connectivity index (χ4n) is 2.63. The van der Waals surface area contributed by atoms with Gasteiger partial charge in [0.1, 0.15) is 5.82 Å². The lowest BCUT2D eigenvalue weighted by Crippen LogP contribution is -2.36. The maximum Gasteiger partial charge on any atom is 0.111 e. The van der Waals surface area contributed by atoms with Crippen molar-refractivity contribution in [3.63, 3.8) is 0 Å². The molecule has 0 spiro atoms. The Bertz CT molecular complexity index is 790. The fourth-order valence-corrected chi connectivity index (χ4v) is 2.82. The number of aryl methyl sites for hydroxylation is 1. The highest BCUT2D eigenvalue weighted by Crippen LogP contribution is 2.26. The Balaban J connectivity index is 1.99. The van der Waals surface area contributed by atoms with Crippen LogP contribution in [-0.2, 0) is 19.0 Å². The summed E-state index contributed by atoms with van der Waals surface area (Å²) in [5, 5.41) is 0.703. The molecule has 2 aromatic carbocycles. The van der Waals surface area contributed by atoms with E-state index in [0.717, 1.165) is 22.4 Å². The van der Waals surface area contributed by atoms with E-state index in [4.69, 9.17) is 22.3 Å². The van der Waals surface area contributed by atoms with Crippen molar-refractivity contribution in [1.29, 1.82) is 0 Å². The number of fused-ring (bicyclic) bond motifs is 1. The first-order valence-corrected chi connectivity index (χ1v) is 7.30. The van der Waals surface area contributed by atoms with Crippen LogP contribution in [0.25, 0.3) is 11.0 Å². The Kier molecular flexibility index (Phi) is 3.47. The molecule has 0 amide bonds. The quantitative estimate of drug-likeness (QED) is 0.802. The minimum absolute atomic E-state index is 0.514. The van der Waals surface area contributed by atoms with Crippen molar-refractivity contribution < 1.29 is 0 Å². The minimum Gasteiger partial charge on any atom is -0.331 e. The average Bonchev–Trinajstić information content (AvgIpc) is 2.75. The van der Waals surface area contributed by atoms with Crippen LogP contribution in [0, 0.1) is 0 Å². The standard InChI is InChI=1S/C17H18ClN3/c1-17(19,12-6-5-7-13(18)10-12)11-16-20-14-8-3-4-9-15(14)21(16)2/h3-10H,11,19H2,1-2H3. The van der Waals surface area contributed by atoms with Crippen LogP contribution in [0.3, 0.4) is 0 Å². The molecule has 0 bridgehead atoms. The molecule has 0 aliphatic carbocycles. The van der Waals surface area contributed by atoms with Crippen LogP contribution >= 0.6 is 11.6 Å². The molecule has 108 valence electrons. The lowest BCUT2D eigenvalue weighted by molar-refractivity contribution is 0.472. The van der Waals surface area contributed by atoms with Gasteiger partial charge in [0.25, 0.3) is 0 Å². The molecule has 1 unspecified atom stereocenters. The van der Waals surface area contributed by atoms with Gasteiger partial charge in [0.15, 0.2) is 0 Å². The summed E-state index contributed by atoms with van der Waals surface area (Å²) in [7, 11) is 2.03. The third-order valence-corrected chi connectivity index (χ3v) is 4.12. The number of para-hydroxylation sites is 2. The van der Waals surface area contributed by atoms with Gasteiger partial charge in [-0.3, -0.25) is 0 Å². The van der Waals surface area contributed by atoms with Crippen LogP contribution in [0.1, 0.15) is 18.3 Å². The van der Waals surface area contributed by atoms with Crippen molar-refractivity contribution in [3.05, 3.63) is 64.9 Å². The zero-order valence-corrected chi connectivity index (χ0v) is 12.9. The molecular formula is C17H18ClN3. The minimum atomic E-state index is -0.514. The number of nitrogens with zero attached hydrogens (tertiary/aromatic N) is 2. The Hall–Kier alpha value is -1.84. The summed E-state index contributed by atoms with van der Waals surface area (Å²) in [5.41, 5.74) is 9.14. The lowest BCUT2D eigenvalue weighted by Gasteiger charge is -2.25. The molecule has 0 saturated carbocycles. The first-order chi connectivity index (χ1) is 9.97. The van der Waals surface area contributed by atoms with Crippen LogP contribution in [0.5, 0.6) is 0 Å². The molecule has 0 aliphatic heterocycles. The van der Waals surface area contributed by atoms with Crippen molar-refractivity contribution in [2.24, 2.45) is 12.8 Å². The van der Waals surface area contributed by atoms with Crippen molar-refractivity contribution in [2.45, 2.75) is 18.9 Å². The van der Waals surface area contributed by atoms with Crippen molar-refractivity contribution in [3.8, 4) is 0 Å². The number of imidazole rings is 1. The predicted molar refractivity (Wildman–Crippen MR) is 87.4 cm³/mol. The normalized spacial score (nSPS) is 14.3. The van der Waals surface area contributed by atoms with E-state index < -0.39 is 5.54 Å². The van der Waals surface area contributed by atoms with Gasteiger partial charge < -0.3 is 10.3 Å². The third-order valence-electron chi connectivity index (χ3n) is 3.89. The molecular weight excluding hydrogens is 282 g/mol. The number of aromatic nitrogens is 2. The summed E-state index contributed by atoms with van der Waals surface area (Å²) >= 11 is 6.07. The highest BCUT2D eigenvalue weighted by atomic mass is 35.5. The van der Waals surface area contributed by atoms with Gasteiger partial charge in [-0.1, -0.05) is 35.9 Å². The summed E-state index contributed by atoms with van der Waals surface area (Å²) in [5.74, 6) is 0.973. The van der Waals surface area contributed by atoms with E-state index in [9.17, 15) is 0 Å². The van der Waals surface area contributed by atoms with E-state index in [-0.39, 0.29) is 0 Å². The van der Waals surface area contributed by atoms with E-state index >= 15 is 0 Å². The van der Waals surface area contributed by atoms with E-state index in [1.807, 2.05) is 56.4 Å². The Labute approximate surface area is 129 Å². The van der Waals surface area contributed by atoms with Crippen molar-refractivity contribution in [1.82, 2.24) is 9.55 Å². The third kappa shape index (κ3) is 2.67. The second-order valence-corrected chi connectivity index (χ2v) is 6.12. The smallest absolute Gasteiger partial charge is 0.111 e. The molecule has 1 aromatic heterocycles. The van der Waals surface area contributed by atoms with Crippen LogP contribution in [0.4, 0.5) is 0 Å². The van der Waals surface area contributed by atoms with Crippen LogP contribution in [0.2, 0.25) is 5.02 Å². The monoisotopic (exact) mass is 299 g/mol. The molecule has 3 rings (SSSR count). The second-order valence-electron chi connectivity index (χ2n) is 5.68. The van der Waals surface area contributed by atoms with Gasteiger partial charge in [-0.25, -0.2) is 4.98 Å². The van der Waals surface area contributed by atoms with E-state index in [1.54, 1.807) is 0 Å². The van der Waals surface area contributed by atoms with E-state index in [1.165, 1.54) is 0 Å². The van der Waals surface area contributed by atoms with Gasteiger partial charge in [-0.2, -0.15) is 0 Å². The molecule has 21 heavy (non-hydrogen) atoms. The summed E-state index contributed by atoms with van der Waals surface area (Å²) in [6.07, 6.45) is 0.651. The Morgan fingerprint density at radius 1 is 1.19 bits per heavy atom. The van der Waals surface area contributed by atoms with Crippen molar-refractivity contribution >= 4 is 22.6 Å². The largest absolute Gasteiger partial charge is 0.331 e. The van der Waals surface area contributed by atoms with Gasteiger partial charge in [0.2, 0.25) is 0 Å². The molecule has 2 N–H and O–H groups in total. The van der Waals surface area contributed by atoms with Crippen LogP contribution in [-0.4, -0.2) is 9.55 Å². The van der Waals surface area contributed by atoms with Crippen LogP contribution < -0.4 is 5.73 Å². The number of hydrogen-bond acceptors (Lipinski definition) is 2. The predicted octanol–water partition coefficient (Wildman–Crippen LogP) is 3.64. The molecule has 1 atom stereocenters. The average molecular weight is 300 g/mol. The lowest BCUT2D eigenvalue weighted by atomic mass is 9.89. The summed E-state index contributed by atoms with van der Waals surface area (Å²) in [4.78, 5) is 4.70. The molecule has 4 heteroatoms. The molecule has 1 heterocycles. The van der Waals surface area contributed by atoms with E-state index in [0.29, 0.717) is 11.4 Å². The Morgan fingerprint density at radius 2 is 1.95 bits per heavy atom. The van der Waals surface area contributed by atoms with E-state index in [2.05, 4.69) is 10.6 Å². The SMILES string of the molecule is Cn1c(CC(C)(N)c2cccc(Cl)c2)nc2ccccc21. The number of rotatable bonds is 3. The van der Waals surface area contributed by atoms with Crippen molar-refractivity contribution in [2.75, 3.05) is 0 Å². The molecule has 0 saturated heterocycles. The number of hydrogen-bond donors (Lipinski definition) is 1. The Morgan fingerprint density at radius 3 is 2.67 bits per heavy atom. The number of benzene rings is 2. The summed E-state index contributed by atoms with van der Waals surface area (Å²) in [6.45, 7) is 2.01. The van der Waals surface area contributed by atoms with Gasteiger partial charge >= 0.3 is 0 Å². The topological polar surface area (TPSA) is 43.8 Å². The number of halogens is 1.